The van der Waals surface area contributed by atoms with Gasteiger partial charge in [-0.3, -0.25) is 4.90 Å². The number of aromatic nitrogens is 2. The fourth-order valence-electron chi connectivity index (χ4n) is 4.41. The highest BCUT2D eigenvalue weighted by molar-refractivity contribution is 6.31. The summed E-state index contributed by atoms with van der Waals surface area (Å²) in [6, 6.07) is 8.81. The van der Waals surface area contributed by atoms with Crippen molar-refractivity contribution in [2.24, 2.45) is 0 Å². The second kappa shape index (κ2) is 11.0. The van der Waals surface area contributed by atoms with E-state index < -0.39 is 5.82 Å². The molecule has 0 atom stereocenters. The summed E-state index contributed by atoms with van der Waals surface area (Å²) in [4.78, 5) is 13.6. The molecule has 36 heavy (non-hydrogen) atoms. The van der Waals surface area contributed by atoms with Crippen LogP contribution in [0.1, 0.15) is 39.2 Å². The largest absolute Gasteiger partial charge is 0.492 e. The minimum Gasteiger partial charge on any atom is -0.492 e. The van der Waals surface area contributed by atoms with Gasteiger partial charge in [0.15, 0.2) is 0 Å². The number of halogens is 2. The van der Waals surface area contributed by atoms with Crippen LogP contribution in [0.15, 0.2) is 36.7 Å². The summed E-state index contributed by atoms with van der Waals surface area (Å²) in [5, 5.41) is 4.05. The van der Waals surface area contributed by atoms with Crippen molar-refractivity contribution in [1.82, 2.24) is 19.8 Å². The summed E-state index contributed by atoms with van der Waals surface area (Å²) in [5.74, 6) is 7.67. The number of hydrogen-bond donors (Lipinski definition) is 1. The van der Waals surface area contributed by atoms with Gasteiger partial charge in [-0.05, 0) is 85.1 Å². The van der Waals surface area contributed by atoms with Crippen LogP contribution in [0, 0.1) is 17.7 Å². The molecule has 0 aliphatic carbocycles. The van der Waals surface area contributed by atoms with Crippen molar-refractivity contribution in [2.75, 3.05) is 39.1 Å². The predicted octanol–water partition coefficient (Wildman–Crippen LogP) is 5.72. The zero-order valence-electron chi connectivity index (χ0n) is 21.5. The molecule has 0 saturated carbocycles. The molecule has 1 saturated heterocycles. The summed E-state index contributed by atoms with van der Waals surface area (Å²) in [6.45, 7) is 9.00. The molecule has 1 aliphatic heterocycles. The first kappa shape index (κ1) is 26.2. The number of nitrogens with zero attached hydrogens (tertiary/aromatic N) is 4. The number of likely N-dealkylation sites (tertiary alicyclic amines) is 1. The molecule has 0 spiro atoms. The lowest BCUT2D eigenvalue weighted by atomic mass is 9.96. The van der Waals surface area contributed by atoms with Crippen molar-refractivity contribution in [3.8, 4) is 17.6 Å². The highest BCUT2D eigenvalue weighted by Gasteiger charge is 2.30. The topological polar surface area (TPSA) is 53.5 Å². The maximum atomic E-state index is 13.6. The summed E-state index contributed by atoms with van der Waals surface area (Å²) < 4.78 is 19.5. The number of hydrogen-bond acceptors (Lipinski definition) is 6. The van der Waals surface area contributed by atoms with Crippen molar-refractivity contribution in [1.29, 1.82) is 0 Å². The summed E-state index contributed by atoms with van der Waals surface area (Å²) >= 11 is 5.96. The van der Waals surface area contributed by atoms with Crippen LogP contribution in [0.5, 0.6) is 5.75 Å². The molecule has 0 amide bonds. The molecule has 190 valence electrons. The summed E-state index contributed by atoms with van der Waals surface area (Å²) in [6.07, 6.45) is 3.76. The van der Waals surface area contributed by atoms with Gasteiger partial charge in [-0.1, -0.05) is 23.4 Å². The van der Waals surface area contributed by atoms with Gasteiger partial charge >= 0.3 is 0 Å². The minimum absolute atomic E-state index is 0.0412. The third-order valence-corrected chi connectivity index (χ3v) is 7.13. The molecule has 0 bridgehead atoms. The van der Waals surface area contributed by atoms with E-state index in [1.807, 2.05) is 19.1 Å². The van der Waals surface area contributed by atoms with Crippen molar-refractivity contribution >= 4 is 34.0 Å². The third kappa shape index (κ3) is 5.89. The van der Waals surface area contributed by atoms with E-state index in [1.165, 1.54) is 18.5 Å². The van der Waals surface area contributed by atoms with Gasteiger partial charge in [0.1, 0.15) is 23.7 Å². The van der Waals surface area contributed by atoms with Crippen LogP contribution in [0.4, 0.5) is 15.9 Å². The van der Waals surface area contributed by atoms with Gasteiger partial charge in [0, 0.05) is 23.2 Å². The van der Waals surface area contributed by atoms with Crippen molar-refractivity contribution in [2.45, 2.75) is 45.2 Å². The molecule has 1 fully saturated rings. The molecule has 1 aliphatic rings. The van der Waals surface area contributed by atoms with Crippen molar-refractivity contribution in [3.05, 3.63) is 53.1 Å². The van der Waals surface area contributed by atoms with Crippen LogP contribution < -0.4 is 10.1 Å². The van der Waals surface area contributed by atoms with Gasteiger partial charge in [0.05, 0.1) is 28.2 Å². The molecule has 4 rings (SSSR count). The third-order valence-electron chi connectivity index (χ3n) is 6.84. The van der Waals surface area contributed by atoms with Gasteiger partial charge in [-0.25, -0.2) is 14.4 Å². The average Bonchev–Trinajstić information content (AvgIpc) is 2.85. The molecular weight excluding hydrogens is 477 g/mol. The first-order valence-electron chi connectivity index (χ1n) is 12.3. The number of anilines is 2. The zero-order valence-corrected chi connectivity index (χ0v) is 22.3. The molecule has 2 heterocycles. The van der Waals surface area contributed by atoms with Crippen LogP contribution in [0.3, 0.4) is 0 Å². The van der Waals surface area contributed by atoms with E-state index in [1.54, 1.807) is 6.07 Å². The molecule has 0 radical (unpaired) electrons. The highest BCUT2D eigenvalue weighted by atomic mass is 35.5. The maximum absolute atomic E-state index is 13.6. The lowest BCUT2D eigenvalue weighted by Gasteiger charge is -2.41. The summed E-state index contributed by atoms with van der Waals surface area (Å²) in [5.41, 5.74) is 1.79. The lowest BCUT2D eigenvalue weighted by molar-refractivity contribution is 0.0912. The van der Waals surface area contributed by atoms with Crippen molar-refractivity contribution in [3.63, 3.8) is 0 Å². The molecule has 2 aromatic carbocycles. The quantitative estimate of drug-likeness (QED) is 0.429. The number of ether oxygens (including phenoxy) is 1. The lowest BCUT2D eigenvalue weighted by Crippen LogP contribution is -2.50. The maximum Gasteiger partial charge on any atom is 0.141 e. The van der Waals surface area contributed by atoms with E-state index in [9.17, 15) is 4.39 Å². The Morgan fingerprint density at radius 2 is 1.97 bits per heavy atom. The number of fused-ring (bicyclic) bond motifs is 1. The Balaban J connectivity index is 1.68. The van der Waals surface area contributed by atoms with E-state index in [-0.39, 0.29) is 10.6 Å². The van der Waals surface area contributed by atoms with Gasteiger partial charge in [0.2, 0.25) is 0 Å². The monoisotopic (exact) mass is 509 g/mol. The second-order valence-corrected chi connectivity index (χ2v) is 10.1. The van der Waals surface area contributed by atoms with Gasteiger partial charge in [-0.2, -0.15) is 0 Å². The number of benzene rings is 2. The Morgan fingerprint density at radius 1 is 1.22 bits per heavy atom. The van der Waals surface area contributed by atoms with E-state index in [2.05, 4.69) is 64.9 Å². The van der Waals surface area contributed by atoms with Crippen LogP contribution in [0.2, 0.25) is 5.02 Å². The van der Waals surface area contributed by atoms with Gasteiger partial charge in [0.25, 0.3) is 0 Å². The number of rotatable bonds is 6. The minimum atomic E-state index is -0.471. The van der Waals surface area contributed by atoms with Gasteiger partial charge in [-0.15, -0.1) is 0 Å². The van der Waals surface area contributed by atoms with E-state index in [0.717, 1.165) is 42.4 Å². The van der Waals surface area contributed by atoms with Gasteiger partial charge < -0.3 is 15.0 Å². The first-order valence-corrected chi connectivity index (χ1v) is 12.6. The highest BCUT2D eigenvalue weighted by Crippen LogP contribution is 2.31. The fraction of sp³-hybridized carbons (Fsp3) is 0.429. The Hall–Kier alpha value is -2.92. The standard InChI is InChI=1S/C28H33ClFN5O/c1-6-36-26-17-25-22(27(32-18-31-25)33-20-7-8-24(30)23(29)16-20)15-19(26)9-12-28(2,3)35(5)21-10-13-34(4)14-11-21/h7-8,15-18,21H,6,10-11,13-14H2,1-5H3,(H,31,32,33). The second-order valence-electron chi connectivity index (χ2n) is 9.73. The zero-order chi connectivity index (χ0) is 25.9. The Morgan fingerprint density at radius 3 is 2.67 bits per heavy atom. The van der Waals surface area contributed by atoms with Crippen LogP contribution >= 0.6 is 11.6 Å². The molecule has 6 nitrogen and oxygen atoms in total. The Kier molecular flexibility index (Phi) is 7.99. The van der Waals surface area contributed by atoms with Crippen LogP contribution in [-0.2, 0) is 0 Å². The molecule has 8 heteroatoms. The molecule has 3 aromatic rings. The average molecular weight is 510 g/mol. The van der Waals surface area contributed by atoms with E-state index >= 15 is 0 Å². The number of piperidine rings is 1. The Bertz CT molecular complexity index is 1290. The molecule has 1 aromatic heterocycles. The number of nitrogens with one attached hydrogen (secondary N) is 1. The smallest absolute Gasteiger partial charge is 0.141 e. The van der Waals surface area contributed by atoms with E-state index in [4.69, 9.17) is 16.3 Å². The fourth-order valence-corrected chi connectivity index (χ4v) is 4.59. The Labute approximate surface area is 217 Å². The molecule has 0 unspecified atom stereocenters. The predicted molar refractivity (Wildman–Crippen MR) is 145 cm³/mol. The van der Waals surface area contributed by atoms with Crippen LogP contribution in [-0.4, -0.2) is 65.1 Å². The first-order chi connectivity index (χ1) is 17.2. The molecular formula is C28H33ClFN5O. The van der Waals surface area contributed by atoms with E-state index in [0.29, 0.717) is 29.9 Å². The van der Waals surface area contributed by atoms with Crippen LogP contribution in [0.25, 0.3) is 10.9 Å². The summed E-state index contributed by atoms with van der Waals surface area (Å²) in [7, 11) is 4.34. The SMILES string of the molecule is CCOc1cc2ncnc(Nc3ccc(F)c(Cl)c3)c2cc1C#CC(C)(C)N(C)C1CCN(C)CC1. The van der Waals surface area contributed by atoms with Crippen molar-refractivity contribution < 1.29 is 9.13 Å². The normalized spacial score (nSPS) is 15.1. The molecule has 1 N–H and O–H groups in total.